The van der Waals surface area contributed by atoms with Gasteiger partial charge >= 0.3 is 0 Å². The van der Waals surface area contributed by atoms with Crippen LogP contribution in [-0.2, 0) is 0 Å². The van der Waals surface area contributed by atoms with E-state index in [0.29, 0.717) is 45.1 Å². The molecule has 0 bridgehead atoms. The van der Waals surface area contributed by atoms with E-state index in [9.17, 15) is 14.9 Å². The highest BCUT2D eigenvalue weighted by Gasteiger charge is 2.43. The Hall–Kier alpha value is -11.1. The molecule has 12 aromatic rings. The molecule has 0 N–H and O–H groups in total. The maximum Gasteiger partial charge on any atom is 0.270 e. The van der Waals surface area contributed by atoms with Crippen LogP contribution in [0.15, 0.2) is 241 Å². The van der Waals surface area contributed by atoms with Gasteiger partial charge in [0.15, 0.2) is 11.5 Å². The first kappa shape index (κ1) is 58.3. The molecule has 3 amide bonds. The molecule has 3 atom stereocenters. The van der Waals surface area contributed by atoms with Crippen molar-refractivity contribution < 1.29 is 33.2 Å². The quantitative estimate of drug-likeness (QED) is 0.0757. The van der Waals surface area contributed by atoms with Crippen LogP contribution >= 0.6 is 34.0 Å². The van der Waals surface area contributed by atoms with Crippen molar-refractivity contribution in [2.45, 2.75) is 18.5 Å². The molecule has 4 aromatic heterocycles. The van der Waals surface area contributed by atoms with E-state index in [0.717, 1.165) is 85.4 Å². The first-order valence-electron chi connectivity index (χ1n) is 30.0. The lowest BCUT2D eigenvalue weighted by atomic mass is 9.98. The molecule has 15 nitrogen and oxygen atoms in total. The molecule has 8 aromatic carbocycles. The third-order valence-electron chi connectivity index (χ3n) is 17.6. The summed E-state index contributed by atoms with van der Waals surface area (Å²) in [4.78, 5) is 75.2. The van der Waals surface area contributed by atoms with Gasteiger partial charge in [-0.05, 0) is 144 Å². The predicted molar refractivity (Wildman–Crippen MR) is 372 cm³/mol. The van der Waals surface area contributed by atoms with Crippen LogP contribution in [0.2, 0.25) is 0 Å². The molecule has 0 aliphatic carbocycles. The summed E-state index contributed by atoms with van der Waals surface area (Å²) in [7, 11) is 9.23. The number of amides is 3. The van der Waals surface area contributed by atoms with Crippen molar-refractivity contribution in [2.24, 2.45) is 0 Å². The summed E-state index contributed by atoms with van der Waals surface area (Å²) >= 11 is 4.62. The average Bonchev–Trinajstić information content (AvgIpc) is 1.74. The molecule has 0 saturated heterocycles. The maximum atomic E-state index is 15.8. The Balaban J connectivity index is 0.887. The third kappa shape index (κ3) is 9.97. The second-order valence-corrected chi connectivity index (χ2v) is 26.1. The SMILES string of the molecule is COc1ccc(-c2sc(C3N(C)c4ccccc4C(=O)N3c3ccccc3)cc2-c2cccc(N3C(=O)c4ccccc4N(C)C3c3cc(-c4cccc(N5C(=O)c6ccccc6N(C)C5c5ccc(-c6ccoc6)s5)c4)c(-c4cccc([N+](=O)[O-])c4)s3)c2)cc1OC. The van der Waals surface area contributed by atoms with Gasteiger partial charge in [0, 0.05) is 96.3 Å². The van der Waals surface area contributed by atoms with Crippen LogP contribution in [0.3, 0.4) is 0 Å². The number of nitro groups is 1. The second kappa shape index (κ2) is 23.6. The molecule has 93 heavy (non-hydrogen) atoms. The van der Waals surface area contributed by atoms with Gasteiger partial charge in [-0.3, -0.25) is 39.2 Å². The van der Waals surface area contributed by atoms with E-state index in [1.54, 1.807) is 61.6 Å². The van der Waals surface area contributed by atoms with Crippen LogP contribution in [-0.4, -0.2) is 58.0 Å². The van der Waals surface area contributed by atoms with E-state index < -0.39 is 23.4 Å². The summed E-state index contributed by atoms with van der Waals surface area (Å²) in [6.45, 7) is 0. The fraction of sp³-hybridized carbons (Fsp3) is 0.107. The Kier molecular flexibility index (Phi) is 14.8. The highest BCUT2D eigenvalue weighted by Crippen LogP contribution is 2.53. The first-order valence-corrected chi connectivity index (χ1v) is 32.4. The van der Waals surface area contributed by atoms with Gasteiger partial charge in [0.2, 0.25) is 0 Å². The Bertz CT molecular complexity index is 4930. The largest absolute Gasteiger partial charge is 0.493 e. The van der Waals surface area contributed by atoms with Gasteiger partial charge in [-0.1, -0.05) is 91.0 Å². The van der Waals surface area contributed by atoms with Crippen LogP contribution in [0.5, 0.6) is 11.5 Å². The van der Waals surface area contributed by atoms with Crippen molar-refractivity contribution in [2.75, 3.05) is 64.8 Å². The monoisotopic (exact) mass is 1280 g/mol. The topological polar surface area (TPSA) is 145 Å². The Morgan fingerprint density at radius 2 is 0.871 bits per heavy atom. The van der Waals surface area contributed by atoms with Crippen LogP contribution in [0, 0.1) is 10.1 Å². The smallest absolute Gasteiger partial charge is 0.270 e. The lowest BCUT2D eigenvalue weighted by Crippen LogP contribution is -2.48. The maximum absolute atomic E-state index is 15.8. The first-order chi connectivity index (χ1) is 45.4. The molecule has 0 saturated carbocycles. The summed E-state index contributed by atoms with van der Waals surface area (Å²) in [5.41, 5.74) is 11.5. The van der Waals surface area contributed by atoms with Crippen LogP contribution in [0.25, 0.3) is 53.6 Å². The molecule has 0 spiro atoms. The highest BCUT2D eigenvalue weighted by atomic mass is 32.1. The number of ether oxygens (including phenoxy) is 2. The van der Waals surface area contributed by atoms with Crippen molar-refractivity contribution >= 4 is 91.5 Å². The molecule has 0 fully saturated rings. The van der Waals surface area contributed by atoms with Gasteiger partial charge in [-0.25, -0.2) is 0 Å². The summed E-state index contributed by atoms with van der Waals surface area (Å²) in [5, 5.41) is 12.6. The Labute approximate surface area is 548 Å². The van der Waals surface area contributed by atoms with E-state index in [-0.39, 0.29) is 23.4 Å². The molecule has 3 unspecified atom stereocenters. The fourth-order valence-electron chi connectivity index (χ4n) is 13.2. The van der Waals surface area contributed by atoms with Gasteiger partial charge in [0.1, 0.15) is 18.5 Å². The number of anilines is 6. The third-order valence-corrected chi connectivity index (χ3v) is 21.2. The zero-order chi connectivity index (χ0) is 63.8. The summed E-state index contributed by atoms with van der Waals surface area (Å²) in [6, 6.07) is 71.3. The predicted octanol–water partition coefficient (Wildman–Crippen LogP) is 18.1. The zero-order valence-electron chi connectivity index (χ0n) is 50.9. The minimum Gasteiger partial charge on any atom is -0.493 e. The Morgan fingerprint density at radius 3 is 1.38 bits per heavy atom. The molecular formula is C75H57N7O8S3. The minimum absolute atomic E-state index is 0.0722. The lowest BCUT2D eigenvalue weighted by Gasteiger charge is -2.43. The number of methoxy groups -OCH3 is 2. The van der Waals surface area contributed by atoms with E-state index in [4.69, 9.17) is 13.9 Å². The van der Waals surface area contributed by atoms with E-state index in [2.05, 4.69) is 45.0 Å². The number of furan rings is 1. The average molecular weight is 1280 g/mol. The summed E-state index contributed by atoms with van der Waals surface area (Å²) in [6.07, 6.45) is 1.50. The summed E-state index contributed by atoms with van der Waals surface area (Å²) in [5.74, 6) is 0.600. The van der Waals surface area contributed by atoms with Gasteiger partial charge in [0.25, 0.3) is 23.4 Å². The summed E-state index contributed by atoms with van der Waals surface area (Å²) < 4.78 is 17.1. The molecule has 0 radical (unpaired) electrons. The normalized spacial score (nSPS) is 16.1. The lowest BCUT2D eigenvalue weighted by molar-refractivity contribution is -0.384. The number of carbonyl (C=O) groups excluding carboxylic acids is 3. The number of nitrogens with zero attached hydrogens (tertiary/aromatic N) is 7. The van der Waals surface area contributed by atoms with Crippen LogP contribution in [0.4, 0.5) is 39.8 Å². The number of fused-ring (bicyclic) bond motifs is 3. The number of benzene rings is 8. The van der Waals surface area contributed by atoms with Crippen molar-refractivity contribution in [3.8, 4) is 65.1 Å². The van der Waals surface area contributed by atoms with E-state index in [1.165, 1.54) is 17.4 Å². The number of hydrogen-bond donors (Lipinski definition) is 0. The Morgan fingerprint density at radius 1 is 0.409 bits per heavy atom. The number of rotatable bonds is 14. The zero-order valence-corrected chi connectivity index (χ0v) is 53.3. The van der Waals surface area contributed by atoms with Gasteiger partial charge in [-0.2, -0.15) is 0 Å². The van der Waals surface area contributed by atoms with Crippen LogP contribution in [0.1, 0.15) is 64.2 Å². The standard InChI is InChI=1S/C75H57N7O8S3/c1-76-59-29-12-10-27-55(59)74(84)80(70(76)65-35-34-64(91-65)49-36-37-90-44-49)51-23-15-18-45(38-51)57-42-67(92-68(57)47-20-17-25-53(40-47)82(86)87)72-78(3)61-31-14-11-28-56(61)75(85)81(72)52-24-16-19-46(39-52)58-43-66(93-69(58)48-32-33-62(88-4)63(41-48)89-5)71-77(2)60-30-13-9-26-54(60)73(83)79(71)50-21-7-6-8-22-50/h6-44,70-72H,1-5H3. The second-order valence-electron chi connectivity index (χ2n) is 22.8. The minimum atomic E-state index is -0.756. The number of hydrogen-bond acceptors (Lipinski definition) is 14. The van der Waals surface area contributed by atoms with E-state index >= 15 is 9.59 Å². The van der Waals surface area contributed by atoms with Gasteiger partial charge in [-0.15, -0.1) is 34.0 Å². The van der Waals surface area contributed by atoms with E-state index in [1.807, 2.05) is 212 Å². The molecule has 3 aliphatic rings. The van der Waals surface area contributed by atoms with Crippen molar-refractivity contribution in [1.82, 2.24) is 0 Å². The molecule has 458 valence electrons. The molecule has 18 heteroatoms. The van der Waals surface area contributed by atoms with Gasteiger partial charge in [0.05, 0.1) is 65.4 Å². The number of nitro benzene ring substituents is 1. The fourth-order valence-corrected chi connectivity index (χ4v) is 17.0. The van der Waals surface area contributed by atoms with Crippen LogP contribution < -0.4 is 38.9 Å². The van der Waals surface area contributed by atoms with Crippen molar-refractivity contribution in [1.29, 1.82) is 0 Å². The number of para-hydroxylation sites is 4. The molecular weight excluding hydrogens is 1220 g/mol. The number of non-ortho nitro benzene ring substituents is 1. The number of carbonyl (C=O) groups is 3. The molecule has 15 rings (SSSR count). The van der Waals surface area contributed by atoms with Gasteiger partial charge < -0.3 is 28.6 Å². The van der Waals surface area contributed by atoms with Crippen molar-refractivity contribution in [3.63, 3.8) is 0 Å². The molecule has 3 aliphatic heterocycles. The highest BCUT2D eigenvalue weighted by molar-refractivity contribution is 7.17. The number of thiophene rings is 3. The van der Waals surface area contributed by atoms with Crippen molar-refractivity contribution in [3.05, 3.63) is 278 Å². The molecule has 7 heterocycles.